The molecule has 6 aromatic rings. The molecule has 0 aliphatic carbocycles. The molecule has 36 heavy (non-hydrogen) atoms. The molecular weight excluding hydrogens is 453 g/mol. The van der Waals surface area contributed by atoms with Gasteiger partial charge in [-0.2, -0.15) is 0 Å². The summed E-state index contributed by atoms with van der Waals surface area (Å²) in [6.45, 7) is -3.26. The first-order valence-electron chi connectivity index (χ1n) is 12.2. The van der Waals surface area contributed by atoms with Gasteiger partial charge in [0, 0.05) is 12.4 Å². The van der Waals surface area contributed by atoms with Crippen LogP contribution in [0.1, 0.15) is 0 Å². The molecule has 0 amide bonds. The van der Waals surface area contributed by atoms with E-state index in [2.05, 4.69) is 157 Å². The summed E-state index contributed by atoms with van der Waals surface area (Å²) < 4.78 is 0. The van der Waals surface area contributed by atoms with Crippen LogP contribution in [0.2, 0.25) is 0 Å². The van der Waals surface area contributed by atoms with Gasteiger partial charge in [0.05, 0.1) is 0 Å². The summed E-state index contributed by atoms with van der Waals surface area (Å²) in [5.74, 6) is 0. The summed E-state index contributed by atoms with van der Waals surface area (Å²) in [6, 6.07) is 59.4. The third-order valence-electron chi connectivity index (χ3n) is 6.86. The van der Waals surface area contributed by atoms with Crippen LogP contribution in [0.3, 0.4) is 0 Å². The minimum atomic E-state index is -3.26. The fraction of sp³-hybridized carbons (Fsp3) is 0. The molecule has 6 rings (SSSR count). The Morgan fingerprint density at radius 2 is 0.500 bits per heavy atom. The molecule has 0 saturated carbocycles. The number of aromatic amines is 1. The van der Waals surface area contributed by atoms with Crippen LogP contribution in [0.4, 0.5) is 0 Å². The van der Waals surface area contributed by atoms with Crippen LogP contribution < -0.4 is 26.5 Å². The summed E-state index contributed by atoms with van der Waals surface area (Å²) in [4.78, 5) is 2.86. The van der Waals surface area contributed by atoms with Crippen molar-refractivity contribution >= 4 is 33.1 Å². The molecule has 0 saturated heterocycles. The zero-order valence-electron chi connectivity index (χ0n) is 20.2. The van der Waals surface area contributed by atoms with Gasteiger partial charge >= 0.3 is 185 Å². The molecule has 0 radical (unpaired) electrons. The van der Waals surface area contributed by atoms with Gasteiger partial charge in [0.1, 0.15) is 0 Å². The average molecular weight is 484 g/mol. The predicted octanol–water partition coefficient (Wildman–Crippen LogP) is 6.18. The van der Waals surface area contributed by atoms with Gasteiger partial charge in [-0.3, -0.25) is 0 Å². The van der Waals surface area contributed by atoms with Crippen LogP contribution in [0.25, 0.3) is 0 Å². The summed E-state index contributed by atoms with van der Waals surface area (Å²) >= 11 is 0. The van der Waals surface area contributed by atoms with E-state index in [9.17, 15) is 0 Å². The first-order chi connectivity index (χ1) is 17.9. The Balaban J connectivity index is 0.000000477. The van der Waals surface area contributed by atoms with Gasteiger partial charge in [-0.15, -0.1) is 0 Å². The molecule has 0 aliphatic rings. The van der Waals surface area contributed by atoms with Crippen LogP contribution in [-0.2, 0) is 0 Å². The molecule has 176 valence electrons. The maximum absolute atomic E-state index is 3.26. The molecular formula is C34H30NP. The summed E-state index contributed by atoms with van der Waals surface area (Å²) in [5, 5.41) is 6.75. The number of nitrogens with one attached hydrogen (secondary N) is 1. The Bertz CT molecular complexity index is 1180. The Kier molecular flexibility index (Phi) is 6.94. The van der Waals surface area contributed by atoms with E-state index in [0.29, 0.717) is 0 Å². The van der Waals surface area contributed by atoms with Crippen LogP contribution in [0, 0.1) is 0 Å². The van der Waals surface area contributed by atoms with Crippen molar-refractivity contribution in [2.24, 2.45) is 0 Å². The van der Waals surface area contributed by atoms with E-state index < -0.39 is 6.60 Å². The van der Waals surface area contributed by atoms with Crippen LogP contribution >= 0.6 is 6.60 Å². The van der Waals surface area contributed by atoms with Crippen molar-refractivity contribution in [3.8, 4) is 0 Å². The molecule has 1 heterocycles. The van der Waals surface area contributed by atoms with Gasteiger partial charge in [0.2, 0.25) is 0 Å². The van der Waals surface area contributed by atoms with Crippen LogP contribution in [-0.4, -0.2) is 4.98 Å². The van der Waals surface area contributed by atoms with Crippen LogP contribution in [0.15, 0.2) is 176 Å². The van der Waals surface area contributed by atoms with Crippen molar-refractivity contribution < 1.29 is 0 Å². The molecule has 1 N–H and O–H groups in total. The average Bonchev–Trinajstić information content (AvgIpc) is 3.58. The molecule has 0 spiro atoms. The number of H-pyrrole nitrogens is 1. The van der Waals surface area contributed by atoms with Crippen molar-refractivity contribution in [2.45, 2.75) is 0 Å². The summed E-state index contributed by atoms with van der Waals surface area (Å²) in [6.07, 6.45) is 3.75. The first kappa shape index (κ1) is 23.5. The molecule has 2 heteroatoms. The number of benzene rings is 5. The number of hydrogen-bond acceptors (Lipinski definition) is 0. The standard InChI is InChI=1S/C30H25P.C4H5N/c1-6-16-26(17-7-1)31(27-18-8-2-9-19-27,28-20-10-3-11-21-28,29-22-12-4-13-23-29)30-24-14-5-15-25-30;1-2-4-5-3-1/h1-25H;1-5H. The molecule has 5 aromatic carbocycles. The van der Waals surface area contributed by atoms with Crippen LogP contribution in [0.5, 0.6) is 0 Å². The molecule has 1 nitrogen and oxygen atoms in total. The van der Waals surface area contributed by atoms with E-state index in [0.717, 1.165) is 0 Å². The molecule has 0 atom stereocenters. The van der Waals surface area contributed by atoms with Crippen molar-refractivity contribution in [2.75, 3.05) is 0 Å². The minimum absolute atomic E-state index is 1.35. The topological polar surface area (TPSA) is 15.8 Å². The molecule has 0 unspecified atom stereocenters. The monoisotopic (exact) mass is 483 g/mol. The summed E-state index contributed by atoms with van der Waals surface area (Å²) in [7, 11) is 0. The molecule has 0 bridgehead atoms. The van der Waals surface area contributed by atoms with Gasteiger partial charge in [0.15, 0.2) is 0 Å². The van der Waals surface area contributed by atoms with E-state index >= 15 is 0 Å². The van der Waals surface area contributed by atoms with Gasteiger partial charge in [0.25, 0.3) is 0 Å². The normalized spacial score (nSPS) is 11.9. The molecule has 0 aliphatic heterocycles. The second-order valence-corrected chi connectivity index (χ2v) is 13.5. The van der Waals surface area contributed by atoms with E-state index in [-0.39, 0.29) is 0 Å². The van der Waals surface area contributed by atoms with Gasteiger partial charge in [-0.25, -0.2) is 0 Å². The Hall–Kier alpha value is -4.19. The van der Waals surface area contributed by atoms with Crippen molar-refractivity contribution in [1.29, 1.82) is 0 Å². The van der Waals surface area contributed by atoms with E-state index in [1.54, 1.807) is 0 Å². The fourth-order valence-corrected chi connectivity index (χ4v) is 12.2. The number of rotatable bonds is 5. The Labute approximate surface area is 214 Å². The van der Waals surface area contributed by atoms with Crippen molar-refractivity contribution in [3.05, 3.63) is 176 Å². The second-order valence-electron chi connectivity index (χ2n) is 8.68. The van der Waals surface area contributed by atoms with Crippen molar-refractivity contribution in [1.82, 2.24) is 4.98 Å². The number of hydrogen-bond donors (Lipinski definition) is 1. The zero-order valence-corrected chi connectivity index (χ0v) is 21.1. The quantitative estimate of drug-likeness (QED) is 0.282. The Morgan fingerprint density at radius 3 is 0.667 bits per heavy atom. The Morgan fingerprint density at radius 1 is 0.278 bits per heavy atom. The van der Waals surface area contributed by atoms with E-state index in [4.69, 9.17) is 0 Å². The zero-order chi connectivity index (χ0) is 24.5. The molecule has 0 fully saturated rings. The maximum atomic E-state index is 2.86. The van der Waals surface area contributed by atoms with E-state index in [1.165, 1.54) is 26.5 Å². The summed E-state index contributed by atoms with van der Waals surface area (Å²) in [5.41, 5.74) is 0. The fourth-order valence-electron chi connectivity index (χ4n) is 5.40. The molecule has 1 aromatic heterocycles. The van der Waals surface area contributed by atoms with Gasteiger partial charge in [-0.1, -0.05) is 0 Å². The van der Waals surface area contributed by atoms with Gasteiger partial charge in [-0.05, 0) is 12.1 Å². The second kappa shape index (κ2) is 10.6. The SMILES string of the molecule is c1cc[nH]c1.c1ccc(P(c2ccccc2)(c2ccccc2)(c2ccccc2)c2ccccc2)cc1. The third kappa shape index (κ3) is 3.79. The van der Waals surface area contributed by atoms with Gasteiger partial charge < -0.3 is 4.98 Å². The first-order valence-corrected chi connectivity index (χ1v) is 14.5. The number of aromatic nitrogens is 1. The van der Waals surface area contributed by atoms with E-state index in [1.807, 2.05) is 24.5 Å². The van der Waals surface area contributed by atoms with Crippen molar-refractivity contribution in [3.63, 3.8) is 0 Å². The predicted molar refractivity (Wildman–Crippen MR) is 158 cm³/mol. The third-order valence-corrected chi connectivity index (χ3v) is 13.5.